The van der Waals surface area contributed by atoms with Crippen molar-refractivity contribution in [2.24, 2.45) is 11.7 Å². The van der Waals surface area contributed by atoms with Crippen LogP contribution in [-0.2, 0) is 4.79 Å². The van der Waals surface area contributed by atoms with Gasteiger partial charge in [0.05, 0.1) is 11.8 Å². The second kappa shape index (κ2) is 14.5. The van der Waals surface area contributed by atoms with Gasteiger partial charge in [-0.25, -0.2) is 0 Å². The van der Waals surface area contributed by atoms with Crippen molar-refractivity contribution in [1.29, 1.82) is 0 Å². The Bertz CT molecular complexity index is 545. The van der Waals surface area contributed by atoms with Crippen LogP contribution in [0.15, 0.2) is 30.3 Å². The Kier molecular flexibility index (Phi) is 12.7. The molecule has 1 amide bonds. The summed E-state index contributed by atoms with van der Waals surface area (Å²) in [5.41, 5.74) is 5.49. The van der Waals surface area contributed by atoms with Gasteiger partial charge in [-0.15, -0.1) is 0 Å². The van der Waals surface area contributed by atoms with Crippen LogP contribution in [0.1, 0.15) is 102 Å². The molecule has 5 heteroatoms. The molecule has 0 aliphatic carbocycles. The number of unbranched alkanes of at least 4 members (excludes halogenated alkanes) is 11. The van der Waals surface area contributed by atoms with Gasteiger partial charge in [-0.3, -0.25) is 4.79 Å². The minimum absolute atomic E-state index is 0.114. The van der Waals surface area contributed by atoms with E-state index in [2.05, 4.69) is 6.92 Å². The van der Waals surface area contributed by atoms with Crippen LogP contribution in [0.3, 0.4) is 0 Å². The quantitative estimate of drug-likeness (QED) is 0.280. The van der Waals surface area contributed by atoms with Crippen molar-refractivity contribution in [1.82, 2.24) is 0 Å². The Balaban J connectivity index is 2.33. The number of carbonyl (C=O) groups is 1. The van der Waals surface area contributed by atoms with Crippen molar-refractivity contribution in [3.8, 4) is 0 Å². The fourth-order valence-electron chi connectivity index (χ4n) is 3.99. The van der Waals surface area contributed by atoms with Crippen LogP contribution < -0.4 is 5.73 Å². The molecule has 166 valence electrons. The maximum atomic E-state index is 13.7. The molecule has 0 aromatic heterocycles. The topological polar surface area (TPSA) is 43.1 Å². The Labute approximate surface area is 174 Å². The van der Waals surface area contributed by atoms with Gasteiger partial charge in [0.1, 0.15) is 0 Å². The van der Waals surface area contributed by atoms with Crippen molar-refractivity contribution in [3.63, 3.8) is 0 Å². The lowest BCUT2D eigenvalue weighted by molar-refractivity contribution is -0.168. The second-order valence-corrected chi connectivity index (χ2v) is 8.12. The van der Waals surface area contributed by atoms with E-state index in [9.17, 15) is 18.0 Å². The Morgan fingerprint density at radius 3 is 1.69 bits per heavy atom. The predicted octanol–water partition coefficient (Wildman–Crippen LogP) is 7.53. The number of carbonyl (C=O) groups excluding carboxylic acids is 1. The molecule has 0 heterocycles. The summed E-state index contributed by atoms with van der Waals surface area (Å²) in [6.45, 7) is 2.22. The van der Waals surface area contributed by atoms with Crippen molar-refractivity contribution in [2.75, 3.05) is 0 Å². The molecule has 2 N–H and O–H groups in total. The number of halogens is 3. The van der Waals surface area contributed by atoms with E-state index in [1.807, 2.05) is 0 Å². The van der Waals surface area contributed by atoms with E-state index in [0.717, 1.165) is 19.3 Å². The molecule has 2 unspecified atom stereocenters. The number of amides is 1. The number of rotatable bonds is 16. The molecule has 0 bridgehead atoms. The van der Waals surface area contributed by atoms with Crippen LogP contribution in [0.25, 0.3) is 0 Å². The van der Waals surface area contributed by atoms with E-state index in [0.29, 0.717) is 6.42 Å². The molecule has 0 saturated carbocycles. The molecule has 0 aliphatic heterocycles. The molecule has 29 heavy (non-hydrogen) atoms. The summed E-state index contributed by atoms with van der Waals surface area (Å²) < 4.78 is 41.0. The molecule has 0 spiro atoms. The lowest BCUT2D eigenvalue weighted by Gasteiger charge is -2.27. The first kappa shape index (κ1) is 25.5. The number of benzene rings is 1. The van der Waals surface area contributed by atoms with Gasteiger partial charge in [0.15, 0.2) is 0 Å². The highest BCUT2D eigenvalue weighted by molar-refractivity contribution is 5.78. The van der Waals surface area contributed by atoms with Gasteiger partial charge in [-0.05, 0) is 12.0 Å². The lowest BCUT2D eigenvalue weighted by Crippen LogP contribution is -2.36. The average molecular weight is 414 g/mol. The van der Waals surface area contributed by atoms with E-state index in [1.165, 1.54) is 63.5 Å². The molecular weight excluding hydrogens is 375 g/mol. The highest BCUT2D eigenvalue weighted by atomic mass is 19.4. The monoisotopic (exact) mass is 413 g/mol. The van der Waals surface area contributed by atoms with E-state index in [1.54, 1.807) is 18.2 Å². The van der Waals surface area contributed by atoms with Gasteiger partial charge in [-0.2, -0.15) is 13.2 Å². The number of nitrogens with two attached hydrogens (primary N) is 1. The average Bonchev–Trinajstić information content (AvgIpc) is 2.67. The van der Waals surface area contributed by atoms with Gasteiger partial charge in [0.25, 0.3) is 0 Å². The predicted molar refractivity (Wildman–Crippen MR) is 114 cm³/mol. The van der Waals surface area contributed by atoms with E-state index < -0.39 is 23.9 Å². The van der Waals surface area contributed by atoms with Crippen molar-refractivity contribution < 1.29 is 18.0 Å². The van der Waals surface area contributed by atoms with E-state index in [-0.39, 0.29) is 12.0 Å². The molecule has 1 aromatic carbocycles. The molecule has 0 saturated heterocycles. The second-order valence-electron chi connectivity index (χ2n) is 8.12. The largest absolute Gasteiger partial charge is 0.396 e. The zero-order valence-corrected chi connectivity index (χ0v) is 17.9. The van der Waals surface area contributed by atoms with Crippen LogP contribution in [0.2, 0.25) is 0 Å². The summed E-state index contributed by atoms with van der Waals surface area (Å²) in [6.07, 6.45) is 9.51. The zero-order valence-electron chi connectivity index (χ0n) is 17.9. The molecule has 1 aromatic rings. The number of primary amides is 1. The zero-order chi connectivity index (χ0) is 21.5. The smallest absolute Gasteiger partial charge is 0.369 e. The SMILES string of the molecule is CCCCCCCCCCCCCCC(C(N)=O)C(c1ccccc1)C(F)(F)F. The van der Waals surface area contributed by atoms with E-state index >= 15 is 0 Å². The van der Waals surface area contributed by atoms with E-state index in [4.69, 9.17) is 5.73 Å². The third-order valence-corrected chi connectivity index (χ3v) is 5.65. The normalized spacial score (nSPS) is 13.9. The van der Waals surface area contributed by atoms with Crippen LogP contribution >= 0.6 is 0 Å². The van der Waals surface area contributed by atoms with Crippen LogP contribution in [-0.4, -0.2) is 12.1 Å². The van der Waals surface area contributed by atoms with Gasteiger partial charge >= 0.3 is 6.18 Å². The van der Waals surface area contributed by atoms with Crippen molar-refractivity contribution in [3.05, 3.63) is 35.9 Å². The number of alkyl halides is 3. The van der Waals surface area contributed by atoms with Crippen LogP contribution in [0, 0.1) is 5.92 Å². The first-order chi connectivity index (χ1) is 13.9. The summed E-state index contributed by atoms with van der Waals surface area (Å²) in [5, 5.41) is 0. The minimum atomic E-state index is -4.49. The summed E-state index contributed by atoms with van der Waals surface area (Å²) in [7, 11) is 0. The standard InChI is InChI=1S/C24H38F3NO/c1-2-3-4-5-6-7-8-9-10-11-12-16-19-21(23(28)29)22(24(25,26)27)20-17-14-13-15-18-20/h13-15,17-18,21-22H,2-12,16,19H2,1H3,(H2,28,29). The van der Waals surface area contributed by atoms with Crippen molar-refractivity contribution >= 4 is 5.91 Å². The highest BCUT2D eigenvalue weighted by Crippen LogP contribution is 2.42. The number of hydrogen-bond acceptors (Lipinski definition) is 1. The summed E-state index contributed by atoms with van der Waals surface area (Å²) in [6, 6.07) is 7.65. The van der Waals surface area contributed by atoms with Crippen molar-refractivity contribution in [2.45, 2.75) is 102 Å². The molecule has 0 fully saturated rings. The van der Waals surface area contributed by atoms with Crippen LogP contribution in [0.4, 0.5) is 13.2 Å². The molecule has 1 rings (SSSR count). The lowest BCUT2D eigenvalue weighted by atomic mass is 9.81. The summed E-state index contributed by atoms with van der Waals surface area (Å²) in [5.74, 6) is -3.89. The fourth-order valence-corrected chi connectivity index (χ4v) is 3.99. The Hall–Kier alpha value is -1.52. The van der Waals surface area contributed by atoms with Gasteiger partial charge < -0.3 is 5.73 Å². The molecule has 0 aliphatic rings. The highest BCUT2D eigenvalue weighted by Gasteiger charge is 2.47. The third-order valence-electron chi connectivity index (χ3n) is 5.65. The first-order valence-corrected chi connectivity index (χ1v) is 11.3. The third kappa shape index (κ3) is 10.7. The first-order valence-electron chi connectivity index (χ1n) is 11.3. The molecule has 2 atom stereocenters. The van der Waals surface area contributed by atoms with Crippen LogP contribution in [0.5, 0.6) is 0 Å². The Morgan fingerprint density at radius 1 is 0.828 bits per heavy atom. The van der Waals surface area contributed by atoms with Gasteiger partial charge in [0.2, 0.25) is 5.91 Å². The number of hydrogen-bond donors (Lipinski definition) is 1. The van der Waals surface area contributed by atoms with Gasteiger partial charge in [-0.1, -0.05) is 114 Å². The minimum Gasteiger partial charge on any atom is -0.369 e. The fraction of sp³-hybridized carbons (Fsp3) is 0.708. The molecule has 0 radical (unpaired) electrons. The maximum Gasteiger partial charge on any atom is 0.396 e. The summed E-state index contributed by atoms with van der Waals surface area (Å²) >= 11 is 0. The summed E-state index contributed by atoms with van der Waals surface area (Å²) in [4.78, 5) is 11.8. The maximum absolute atomic E-state index is 13.7. The van der Waals surface area contributed by atoms with Gasteiger partial charge in [0, 0.05) is 0 Å². The molecule has 2 nitrogen and oxygen atoms in total. The molecular formula is C24H38F3NO. The Morgan fingerprint density at radius 2 is 1.28 bits per heavy atom.